The fourth-order valence-corrected chi connectivity index (χ4v) is 4.48. The van der Waals surface area contributed by atoms with E-state index in [-0.39, 0.29) is 17.6 Å². The van der Waals surface area contributed by atoms with Gasteiger partial charge in [0.1, 0.15) is 0 Å². The predicted octanol–water partition coefficient (Wildman–Crippen LogP) is 3.65. The second-order valence-corrected chi connectivity index (χ2v) is 8.01. The third-order valence-corrected chi connectivity index (χ3v) is 5.95. The van der Waals surface area contributed by atoms with E-state index in [0.717, 1.165) is 37.2 Å². The minimum Gasteiger partial charge on any atom is -0.370 e. The molecule has 1 N–H and O–H groups in total. The summed E-state index contributed by atoms with van der Waals surface area (Å²) in [6.07, 6.45) is 8.68. The van der Waals surface area contributed by atoms with Crippen molar-refractivity contribution in [2.24, 2.45) is 4.99 Å². The minimum atomic E-state index is 0.0724. The lowest BCUT2D eigenvalue weighted by Crippen LogP contribution is -2.36. The van der Waals surface area contributed by atoms with Gasteiger partial charge in [-0.05, 0) is 40.0 Å². The van der Waals surface area contributed by atoms with Crippen LogP contribution in [-0.4, -0.2) is 41.3 Å². The number of carbonyl (C=O) groups is 1. The molecule has 0 saturated carbocycles. The number of unbranched alkanes of at least 4 members (excludes halogenated alkanes) is 1. The number of aliphatic imine (C=N–C) groups is 1. The summed E-state index contributed by atoms with van der Waals surface area (Å²) in [5.41, 5.74) is 3.43. The molecule has 2 atom stereocenters. The molecule has 1 fully saturated rings. The molecule has 2 rings (SSSR count). The predicted molar refractivity (Wildman–Crippen MR) is 100 cm³/mol. The molecule has 0 bridgehead atoms. The number of amides is 1. The Morgan fingerprint density at radius 1 is 1.48 bits per heavy atom. The Hall–Kier alpha value is -1.15. The first kappa shape index (κ1) is 18.2. The van der Waals surface area contributed by atoms with E-state index in [1.54, 1.807) is 0 Å². The summed E-state index contributed by atoms with van der Waals surface area (Å²) in [4.78, 5) is 19.7. The summed E-state index contributed by atoms with van der Waals surface area (Å²) < 4.78 is 0. The van der Waals surface area contributed by atoms with Gasteiger partial charge in [-0.1, -0.05) is 28.0 Å². The molecule has 128 valence electrons. The van der Waals surface area contributed by atoms with E-state index in [4.69, 9.17) is 0 Å². The van der Waals surface area contributed by atoms with Gasteiger partial charge in [-0.15, -0.1) is 0 Å². The zero-order valence-electron chi connectivity index (χ0n) is 14.9. The Balaban J connectivity index is 2.19. The molecule has 0 aromatic rings. The van der Waals surface area contributed by atoms with Crippen LogP contribution in [0.1, 0.15) is 53.4 Å². The van der Waals surface area contributed by atoms with Crippen molar-refractivity contribution in [3.05, 3.63) is 23.3 Å². The van der Waals surface area contributed by atoms with Gasteiger partial charge >= 0.3 is 0 Å². The molecule has 1 amide bonds. The van der Waals surface area contributed by atoms with Crippen LogP contribution in [0.15, 0.2) is 28.3 Å². The van der Waals surface area contributed by atoms with Gasteiger partial charge in [0.2, 0.25) is 5.91 Å². The van der Waals surface area contributed by atoms with Crippen molar-refractivity contribution in [3.8, 4) is 0 Å². The maximum Gasteiger partial charge on any atom is 0.248 e. The highest BCUT2D eigenvalue weighted by molar-refractivity contribution is 7.45. The molecule has 23 heavy (non-hydrogen) atoms. The molecule has 1 saturated heterocycles. The van der Waals surface area contributed by atoms with Gasteiger partial charge in [-0.2, -0.15) is 0 Å². The molecule has 2 aliphatic rings. The number of hydrogen-bond acceptors (Lipinski definition) is 3. The number of nitrogens with one attached hydrogen (secondary N) is 1. The van der Waals surface area contributed by atoms with Gasteiger partial charge in [0.15, 0.2) is 0 Å². The summed E-state index contributed by atoms with van der Waals surface area (Å²) in [7, 11) is 0.606. The van der Waals surface area contributed by atoms with Gasteiger partial charge in [0, 0.05) is 30.4 Å². The molecule has 2 aliphatic heterocycles. The van der Waals surface area contributed by atoms with Crippen LogP contribution in [0.3, 0.4) is 0 Å². The first-order chi connectivity index (χ1) is 11.0. The van der Waals surface area contributed by atoms with Crippen molar-refractivity contribution < 1.29 is 4.79 Å². The lowest BCUT2D eigenvalue weighted by Gasteiger charge is -2.29. The van der Waals surface area contributed by atoms with Crippen LogP contribution in [-0.2, 0) is 4.79 Å². The summed E-state index contributed by atoms with van der Waals surface area (Å²) in [5.74, 6) is 0.0724. The van der Waals surface area contributed by atoms with Crippen LogP contribution in [0.25, 0.3) is 0 Å². The Labute approximate surface area is 142 Å². The van der Waals surface area contributed by atoms with Crippen molar-refractivity contribution >= 4 is 20.2 Å². The van der Waals surface area contributed by atoms with Crippen LogP contribution in [0, 0.1) is 0 Å². The van der Waals surface area contributed by atoms with E-state index in [2.05, 4.69) is 35.1 Å². The number of likely N-dealkylation sites (tertiary alicyclic amines) is 1. The van der Waals surface area contributed by atoms with E-state index in [1.165, 1.54) is 18.3 Å². The summed E-state index contributed by atoms with van der Waals surface area (Å²) >= 11 is 0. The normalized spacial score (nSPS) is 23.3. The van der Waals surface area contributed by atoms with Crippen LogP contribution >= 0.6 is 8.58 Å². The van der Waals surface area contributed by atoms with Crippen LogP contribution < -0.4 is 5.32 Å². The fourth-order valence-electron chi connectivity index (χ4n) is 2.95. The Morgan fingerprint density at radius 2 is 2.17 bits per heavy atom. The van der Waals surface area contributed by atoms with Crippen LogP contribution in [0.4, 0.5) is 0 Å². The zero-order valence-corrected chi connectivity index (χ0v) is 15.9. The molecule has 0 aromatic heterocycles. The molecule has 0 spiro atoms. The molecule has 0 aliphatic carbocycles. The molecule has 2 unspecified atom stereocenters. The summed E-state index contributed by atoms with van der Waals surface area (Å²) in [5, 5.41) is 3.06. The van der Waals surface area contributed by atoms with E-state index >= 15 is 0 Å². The maximum absolute atomic E-state index is 12.7. The molecule has 2 heterocycles. The van der Waals surface area contributed by atoms with Crippen molar-refractivity contribution in [2.45, 2.75) is 65.1 Å². The third kappa shape index (κ3) is 4.91. The number of nitrogens with zero attached hydrogens (tertiary/aromatic N) is 2. The van der Waals surface area contributed by atoms with Gasteiger partial charge in [0.25, 0.3) is 0 Å². The zero-order chi connectivity index (χ0) is 16.8. The smallest absolute Gasteiger partial charge is 0.248 e. The van der Waals surface area contributed by atoms with Crippen molar-refractivity contribution in [1.29, 1.82) is 0 Å². The van der Waals surface area contributed by atoms with Gasteiger partial charge in [0.05, 0.1) is 17.3 Å². The molecule has 0 radical (unpaired) electrons. The van der Waals surface area contributed by atoms with Gasteiger partial charge in [-0.3, -0.25) is 9.79 Å². The van der Waals surface area contributed by atoms with Gasteiger partial charge in [-0.25, -0.2) is 0 Å². The molecule has 4 nitrogen and oxygen atoms in total. The van der Waals surface area contributed by atoms with Crippen molar-refractivity contribution in [2.75, 3.05) is 13.1 Å². The number of rotatable bonds is 6. The Bertz CT molecular complexity index is 516. The van der Waals surface area contributed by atoms with E-state index < -0.39 is 0 Å². The van der Waals surface area contributed by atoms with Crippen molar-refractivity contribution in [1.82, 2.24) is 10.2 Å². The van der Waals surface area contributed by atoms with E-state index in [0.29, 0.717) is 8.58 Å². The average molecular weight is 335 g/mol. The average Bonchev–Trinajstić information content (AvgIpc) is 3.03. The first-order valence-corrected chi connectivity index (χ1v) is 9.87. The second kappa shape index (κ2) is 8.63. The lowest BCUT2D eigenvalue weighted by molar-refractivity contribution is -0.118. The highest BCUT2D eigenvalue weighted by Gasteiger charge is 2.29. The molecule has 0 aromatic carbocycles. The summed E-state index contributed by atoms with van der Waals surface area (Å²) in [6.45, 7) is 10.5. The summed E-state index contributed by atoms with van der Waals surface area (Å²) in [6, 6.07) is 0.158. The monoisotopic (exact) mass is 335 g/mol. The minimum absolute atomic E-state index is 0.0724. The molecular formula is C18H30N3OP. The number of hydrogen-bond donors (Lipinski definition) is 1. The number of carbonyl (C=O) groups excluding carboxylic acids is 1. The highest BCUT2D eigenvalue weighted by Crippen LogP contribution is 2.41. The molecular weight excluding hydrogens is 305 g/mol. The second-order valence-electron chi connectivity index (χ2n) is 6.63. The Kier molecular flexibility index (Phi) is 6.83. The number of allylic oxidation sites excluding steroid dienone is 1. The fraction of sp³-hybridized carbons (Fsp3) is 0.667. The Morgan fingerprint density at radius 3 is 2.78 bits per heavy atom. The SMILES string of the molecule is CCC/C=C(/C(=O)NC(C)C)C1PC(N2CCCC2)=CN=C1C. The standard InChI is InChI=1S/C18H30N3OP/c1-5-6-9-15(18(22)20-13(2)3)17-14(4)19-12-16(23-17)21-10-7-8-11-21/h9,12-13,17,23H,5-8,10-11H2,1-4H3,(H,20,22)/b15-9+. The quantitative estimate of drug-likeness (QED) is 0.595. The van der Waals surface area contributed by atoms with Crippen LogP contribution in [0.2, 0.25) is 0 Å². The topological polar surface area (TPSA) is 44.7 Å². The molecule has 5 heteroatoms. The first-order valence-electron chi connectivity index (χ1n) is 8.79. The maximum atomic E-state index is 12.7. The largest absolute Gasteiger partial charge is 0.370 e. The van der Waals surface area contributed by atoms with Crippen molar-refractivity contribution in [3.63, 3.8) is 0 Å². The highest BCUT2D eigenvalue weighted by atomic mass is 31.1. The van der Waals surface area contributed by atoms with E-state index in [1.807, 2.05) is 20.0 Å². The third-order valence-electron chi connectivity index (χ3n) is 4.19. The lowest BCUT2D eigenvalue weighted by atomic mass is 10.1. The van der Waals surface area contributed by atoms with Gasteiger partial charge < -0.3 is 10.2 Å². The van der Waals surface area contributed by atoms with E-state index in [9.17, 15) is 4.79 Å². The van der Waals surface area contributed by atoms with Crippen LogP contribution in [0.5, 0.6) is 0 Å².